The molecule has 0 aliphatic heterocycles. The van der Waals surface area contributed by atoms with Crippen molar-refractivity contribution < 1.29 is 8.78 Å². The molecule has 1 aromatic rings. The zero-order chi connectivity index (χ0) is 11.3. The van der Waals surface area contributed by atoms with Crippen LogP contribution in [0.2, 0.25) is 0 Å². The van der Waals surface area contributed by atoms with E-state index in [-0.39, 0.29) is 6.04 Å². The molecule has 3 heteroatoms. The van der Waals surface area contributed by atoms with Crippen molar-refractivity contribution in [1.82, 2.24) is 5.32 Å². The molecule has 0 aromatic heterocycles. The largest absolute Gasteiger partial charge is 0.299 e. The van der Waals surface area contributed by atoms with Gasteiger partial charge in [0.1, 0.15) is 0 Å². The zero-order valence-corrected chi connectivity index (χ0v) is 8.77. The maximum atomic E-state index is 13.3. The first-order valence-corrected chi connectivity index (χ1v) is 4.73. The van der Waals surface area contributed by atoms with Gasteiger partial charge in [-0.05, 0) is 19.9 Å². The second-order valence-corrected chi connectivity index (χ2v) is 3.17. The van der Waals surface area contributed by atoms with Gasteiger partial charge in [0.25, 0.3) is 0 Å². The van der Waals surface area contributed by atoms with Crippen molar-refractivity contribution in [1.29, 1.82) is 0 Å². The number of benzene rings is 1. The average molecular weight is 209 g/mol. The summed E-state index contributed by atoms with van der Waals surface area (Å²) in [6.45, 7) is 3.97. The summed E-state index contributed by atoms with van der Waals surface area (Å²) in [5.74, 6) is 3.92. The summed E-state index contributed by atoms with van der Waals surface area (Å²) in [7, 11) is 0. The van der Waals surface area contributed by atoms with Crippen LogP contribution in [0.15, 0.2) is 18.2 Å². The number of nitrogens with one attached hydrogen (secondary N) is 1. The molecule has 0 saturated carbocycles. The van der Waals surface area contributed by atoms with E-state index in [2.05, 4.69) is 17.2 Å². The van der Waals surface area contributed by atoms with Crippen molar-refractivity contribution in [2.75, 3.05) is 6.54 Å². The first-order chi connectivity index (χ1) is 7.16. The molecule has 80 valence electrons. The molecule has 0 bridgehead atoms. The lowest BCUT2D eigenvalue weighted by atomic mass is 10.1. The molecule has 1 N–H and O–H groups in total. The molecule has 1 aromatic carbocycles. The van der Waals surface area contributed by atoms with Crippen LogP contribution in [0, 0.1) is 23.5 Å². The minimum atomic E-state index is -0.817. The molecule has 0 aliphatic carbocycles. The monoisotopic (exact) mass is 209 g/mol. The molecule has 1 rings (SSSR count). The van der Waals surface area contributed by atoms with Crippen LogP contribution in [0.5, 0.6) is 0 Å². The normalized spacial score (nSPS) is 11.7. The fraction of sp³-hybridized carbons (Fsp3) is 0.333. The maximum absolute atomic E-state index is 13.3. The summed E-state index contributed by atoms with van der Waals surface area (Å²) in [4.78, 5) is 0. The van der Waals surface area contributed by atoms with E-state index in [1.165, 1.54) is 6.07 Å². The van der Waals surface area contributed by atoms with Crippen LogP contribution in [0.4, 0.5) is 8.78 Å². The molecule has 0 fully saturated rings. The van der Waals surface area contributed by atoms with Crippen molar-refractivity contribution in [2.24, 2.45) is 0 Å². The van der Waals surface area contributed by atoms with E-state index in [0.717, 1.165) is 6.07 Å². The van der Waals surface area contributed by atoms with Gasteiger partial charge < -0.3 is 0 Å². The van der Waals surface area contributed by atoms with Crippen LogP contribution in [-0.4, -0.2) is 6.54 Å². The molecule has 0 heterocycles. The van der Waals surface area contributed by atoms with Gasteiger partial charge in [-0.25, -0.2) is 8.78 Å². The first kappa shape index (κ1) is 11.7. The van der Waals surface area contributed by atoms with Gasteiger partial charge in [0, 0.05) is 11.6 Å². The summed E-state index contributed by atoms with van der Waals surface area (Å²) in [6.07, 6.45) is 0. The molecule has 0 amide bonds. The molecule has 0 spiro atoms. The lowest BCUT2D eigenvalue weighted by Crippen LogP contribution is -2.20. The Balaban J connectivity index is 2.76. The van der Waals surface area contributed by atoms with E-state index < -0.39 is 11.6 Å². The van der Waals surface area contributed by atoms with Gasteiger partial charge >= 0.3 is 0 Å². The van der Waals surface area contributed by atoms with Crippen molar-refractivity contribution in [3.63, 3.8) is 0 Å². The fourth-order valence-corrected chi connectivity index (χ4v) is 1.26. The fourth-order valence-electron chi connectivity index (χ4n) is 1.26. The molecular formula is C12H13F2N. The second kappa shape index (κ2) is 5.47. The van der Waals surface area contributed by atoms with Crippen LogP contribution >= 0.6 is 0 Å². The Hall–Kier alpha value is -1.40. The third-order valence-corrected chi connectivity index (χ3v) is 2.12. The standard InChI is InChI=1S/C12H13F2N/c1-3-4-8-15-9(2)10-6-5-7-11(13)12(10)14/h5-7,9,15H,8H2,1-2H3. The Morgan fingerprint density at radius 2 is 2.13 bits per heavy atom. The summed E-state index contributed by atoms with van der Waals surface area (Å²) < 4.78 is 26.2. The number of halogens is 2. The molecule has 1 nitrogen and oxygen atoms in total. The lowest BCUT2D eigenvalue weighted by molar-refractivity contribution is 0.479. The summed E-state index contributed by atoms with van der Waals surface area (Å²) in [6, 6.07) is 3.92. The smallest absolute Gasteiger partial charge is 0.163 e. The highest BCUT2D eigenvalue weighted by Crippen LogP contribution is 2.18. The maximum Gasteiger partial charge on any atom is 0.163 e. The highest BCUT2D eigenvalue weighted by atomic mass is 19.2. The highest BCUT2D eigenvalue weighted by molar-refractivity contribution is 5.22. The Labute approximate surface area is 88.5 Å². The topological polar surface area (TPSA) is 12.0 Å². The summed E-state index contributed by atoms with van der Waals surface area (Å²) in [5, 5.41) is 2.99. The summed E-state index contributed by atoms with van der Waals surface area (Å²) >= 11 is 0. The van der Waals surface area contributed by atoms with Crippen LogP contribution in [0.1, 0.15) is 25.5 Å². The van der Waals surface area contributed by atoms with Crippen molar-refractivity contribution in [3.05, 3.63) is 35.4 Å². The molecular weight excluding hydrogens is 196 g/mol. The van der Waals surface area contributed by atoms with E-state index >= 15 is 0 Å². The first-order valence-electron chi connectivity index (χ1n) is 4.73. The lowest BCUT2D eigenvalue weighted by Gasteiger charge is -2.13. The Morgan fingerprint density at radius 1 is 1.40 bits per heavy atom. The predicted octanol–water partition coefficient (Wildman–Crippen LogP) is 2.64. The van der Waals surface area contributed by atoms with Gasteiger partial charge in [0.05, 0.1) is 6.54 Å². The van der Waals surface area contributed by atoms with Gasteiger partial charge in [-0.3, -0.25) is 5.32 Å². The van der Waals surface area contributed by atoms with Crippen LogP contribution in [0.25, 0.3) is 0 Å². The average Bonchev–Trinajstić information content (AvgIpc) is 2.22. The Kier molecular flexibility index (Phi) is 4.26. The molecule has 0 radical (unpaired) electrons. The number of hydrogen-bond acceptors (Lipinski definition) is 1. The van der Waals surface area contributed by atoms with Crippen molar-refractivity contribution >= 4 is 0 Å². The number of hydrogen-bond donors (Lipinski definition) is 1. The third kappa shape index (κ3) is 3.03. The van der Waals surface area contributed by atoms with Crippen LogP contribution < -0.4 is 5.32 Å². The molecule has 0 saturated heterocycles. The zero-order valence-electron chi connectivity index (χ0n) is 8.77. The van der Waals surface area contributed by atoms with Gasteiger partial charge in [0.15, 0.2) is 11.6 Å². The van der Waals surface area contributed by atoms with E-state index in [1.54, 1.807) is 19.9 Å². The summed E-state index contributed by atoms with van der Waals surface area (Å²) in [5.41, 5.74) is 0.327. The van der Waals surface area contributed by atoms with Gasteiger partial charge in [-0.1, -0.05) is 18.1 Å². The van der Waals surface area contributed by atoms with Gasteiger partial charge in [-0.15, -0.1) is 5.92 Å². The van der Waals surface area contributed by atoms with Crippen molar-refractivity contribution in [2.45, 2.75) is 19.9 Å². The van der Waals surface area contributed by atoms with Gasteiger partial charge in [-0.2, -0.15) is 0 Å². The van der Waals surface area contributed by atoms with E-state index in [9.17, 15) is 8.78 Å². The molecule has 15 heavy (non-hydrogen) atoms. The van der Waals surface area contributed by atoms with Gasteiger partial charge in [0.2, 0.25) is 0 Å². The minimum Gasteiger partial charge on any atom is -0.299 e. The second-order valence-electron chi connectivity index (χ2n) is 3.17. The van der Waals surface area contributed by atoms with E-state index in [4.69, 9.17) is 0 Å². The van der Waals surface area contributed by atoms with Crippen LogP contribution in [0.3, 0.4) is 0 Å². The van der Waals surface area contributed by atoms with Crippen molar-refractivity contribution in [3.8, 4) is 11.8 Å². The van der Waals surface area contributed by atoms with E-state index in [1.807, 2.05) is 0 Å². The predicted molar refractivity (Wildman–Crippen MR) is 56.2 cm³/mol. The molecule has 1 unspecified atom stereocenters. The Bertz CT molecular complexity index is 390. The molecule has 1 atom stereocenters. The third-order valence-electron chi connectivity index (χ3n) is 2.12. The molecule has 0 aliphatic rings. The minimum absolute atomic E-state index is 0.249. The SMILES string of the molecule is CC#CCNC(C)c1cccc(F)c1F. The quantitative estimate of drug-likeness (QED) is 0.754. The van der Waals surface area contributed by atoms with Crippen LogP contribution in [-0.2, 0) is 0 Å². The Morgan fingerprint density at radius 3 is 2.80 bits per heavy atom. The number of rotatable bonds is 3. The highest BCUT2D eigenvalue weighted by Gasteiger charge is 2.12. The van der Waals surface area contributed by atoms with E-state index in [0.29, 0.717) is 12.1 Å².